The van der Waals surface area contributed by atoms with Gasteiger partial charge < -0.3 is 5.73 Å². The summed E-state index contributed by atoms with van der Waals surface area (Å²) in [6.45, 7) is 2.10. The van der Waals surface area contributed by atoms with Crippen LogP contribution in [0.3, 0.4) is 0 Å². The monoisotopic (exact) mass is 253 g/mol. The Morgan fingerprint density at radius 2 is 2.21 bits per heavy atom. The van der Waals surface area contributed by atoms with E-state index in [1.54, 1.807) is 0 Å². The molecule has 2 heteroatoms. The molecular weight excluding hydrogens is 238 g/mol. The highest BCUT2D eigenvalue weighted by atomic mass is 79.9. The van der Waals surface area contributed by atoms with Gasteiger partial charge in [0.2, 0.25) is 0 Å². The fourth-order valence-electron chi connectivity index (χ4n) is 1.69. The number of nitrogens with two attached hydrogens (primary N) is 1. The molecule has 1 saturated carbocycles. The molecule has 1 aromatic carbocycles. The molecule has 2 rings (SSSR count). The summed E-state index contributed by atoms with van der Waals surface area (Å²) in [7, 11) is 0. The van der Waals surface area contributed by atoms with Gasteiger partial charge in [-0.05, 0) is 36.5 Å². The van der Waals surface area contributed by atoms with Gasteiger partial charge >= 0.3 is 0 Å². The van der Waals surface area contributed by atoms with Crippen molar-refractivity contribution in [2.45, 2.75) is 32.2 Å². The van der Waals surface area contributed by atoms with Gasteiger partial charge in [0.25, 0.3) is 0 Å². The molecule has 1 aliphatic rings. The minimum absolute atomic E-state index is 0.222. The van der Waals surface area contributed by atoms with Gasteiger partial charge in [0, 0.05) is 10.5 Å². The third-order valence-corrected chi connectivity index (χ3v) is 3.76. The molecule has 76 valence electrons. The van der Waals surface area contributed by atoms with Gasteiger partial charge in [-0.25, -0.2) is 0 Å². The van der Waals surface area contributed by atoms with Crippen molar-refractivity contribution in [3.8, 4) is 0 Å². The molecule has 2 N–H and O–H groups in total. The van der Waals surface area contributed by atoms with Crippen LogP contribution in [0.25, 0.3) is 0 Å². The van der Waals surface area contributed by atoms with Crippen LogP contribution in [0.2, 0.25) is 0 Å². The minimum Gasteiger partial charge on any atom is -0.324 e. The maximum Gasteiger partial charge on any atom is 0.0297 e. The molecule has 0 aliphatic heterocycles. The second kappa shape index (κ2) is 4.03. The Kier molecular flexibility index (Phi) is 2.93. The van der Waals surface area contributed by atoms with Crippen LogP contribution in [0.4, 0.5) is 0 Å². The molecule has 1 aliphatic carbocycles. The number of benzene rings is 1. The zero-order chi connectivity index (χ0) is 10.1. The summed E-state index contributed by atoms with van der Waals surface area (Å²) < 4.78 is 1.17. The smallest absolute Gasteiger partial charge is 0.0297 e. The second-order valence-electron chi connectivity index (χ2n) is 4.29. The SMILES string of the molecule is Cc1ccc(C(N)CC2CC2)cc1Br. The first kappa shape index (κ1) is 10.2. The van der Waals surface area contributed by atoms with E-state index in [1.807, 2.05) is 0 Å². The highest BCUT2D eigenvalue weighted by molar-refractivity contribution is 9.10. The number of hydrogen-bond donors (Lipinski definition) is 1. The molecule has 1 nitrogen and oxygen atoms in total. The third-order valence-electron chi connectivity index (χ3n) is 2.91. The minimum atomic E-state index is 0.222. The molecule has 0 amide bonds. The van der Waals surface area contributed by atoms with Crippen molar-refractivity contribution in [2.24, 2.45) is 11.7 Å². The number of hydrogen-bond acceptors (Lipinski definition) is 1. The number of halogens is 1. The van der Waals surface area contributed by atoms with E-state index in [1.165, 1.54) is 28.4 Å². The van der Waals surface area contributed by atoms with Crippen LogP contribution < -0.4 is 5.73 Å². The lowest BCUT2D eigenvalue weighted by atomic mass is 10.0. The summed E-state index contributed by atoms with van der Waals surface area (Å²) in [5.41, 5.74) is 8.66. The number of rotatable bonds is 3. The predicted molar refractivity (Wildman–Crippen MR) is 63.1 cm³/mol. The van der Waals surface area contributed by atoms with Gasteiger partial charge in [-0.2, -0.15) is 0 Å². The summed E-state index contributed by atoms with van der Waals surface area (Å²) in [4.78, 5) is 0. The van der Waals surface area contributed by atoms with E-state index >= 15 is 0 Å². The van der Waals surface area contributed by atoms with E-state index in [0.717, 1.165) is 12.3 Å². The van der Waals surface area contributed by atoms with Crippen molar-refractivity contribution in [3.05, 3.63) is 33.8 Å². The Morgan fingerprint density at radius 1 is 1.50 bits per heavy atom. The predicted octanol–water partition coefficient (Wildman–Crippen LogP) is 3.56. The average Bonchev–Trinajstić information content (AvgIpc) is 2.93. The quantitative estimate of drug-likeness (QED) is 0.876. The van der Waals surface area contributed by atoms with Crippen LogP contribution in [-0.4, -0.2) is 0 Å². The summed E-state index contributed by atoms with van der Waals surface area (Å²) in [6, 6.07) is 6.65. The second-order valence-corrected chi connectivity index (χ2v) is 5.15. The molecule has 1 fully saturated rings. The Labute approximate surface area is 93.8 Å². The van der Waals surface area contributed by atoms with E-state index in [4.69, 9.17) is 5.73 Å². The maximum atomic E-state index is 6.13. The fourth-order valence-corrected chi connectivity index (χ4v) is 2.08. The van der Waals surface area contributed by atoms with Crippen LogP contribution in [0, 0.1) is 12.8 Å². The highest BCUT2D eigenvalue weighted by Gasteiger charge is 2.24. The van der Waals surface area contributed by atoms with Crippen molar-refractivity contribution in [3.63, 3.8) is 0 Å². The van der Waals surface area contributed by atoms with Crippen LogP contribution in [0.5, 0.6) is 0 Å². The Balaban J connectivity index is 2.10. The lowest BCUT2D eigenvalue weighted by Crippen LogP contribution is -2.10. The van der Waals surface area contributed by atoms with Gasteiger partial charge in [-0.15, -0.1) is 0 Å². The van der Waals surface area contributed by atoms with E-state index in [2.05, 4.69) is 41.1 Å². The third kappa shape index (κ3) is 2.37. The van der Waals surface area contributed by atoms with Crippen molar-refractivity contribution in [2.75, 3.05) is 0 Å². The first-order valence-corrected chi connectivity index (χ1v) is 5.98. The van der Waals surface area contributed by atoms with Crippen LogP contribution in [0.1, 0.15) is 36.4 Å². The highest BCUT2D eigenvalue weighted by Crippen LogP contribution is 2.37. The van der Waals surface area contributed by atoms with Crippen molar-refractivity contribution in [1.82, 2.24) is 0 Å². The van der Waals surface area contributed by atoms with Crippen LogP contribution in [-0.2, 0) is 0 Å². The molecule has 1 unspecified atom stereocenters. The van der Waals surface area contributed by atoms with E-state index in [-0.39, 0.29) is 6.04 Å². The summed E-state index contributed by atoms with van der Waals surface area (Å²) in [5.74, 6) is 0.894. The Morgan fingerprint density at radius 3 is 2.79 bits per heavy atom. The van der Waals surface area contributed by atoms with E-state index in [9.17, 15) is 0 Å². The topological polar surface area (TPSA) is 26.0 Å². The Hall–Kier alpha value is -0.340. The fraction of sp³-hybridized carbons (Fsp3) is 0.500. The molecule has 0 aromatic heterocycles. The lowest BCUT2D eigenvalue weighted by molar-refractivity contribution is 0.596. The van der Waals surface area contributed by atoms with Crippen molar-refractivity contribution < 1.29 is 0 Å². The van der Waals surface area contributed by atoms with Crippen LogP contribution >= 0.6 is 15.9 Å². The van der Waals surface area contributed by atoms with Crippen molar-refractivity contribution in [1.29, 1.82) is 0 Å². The van der Waals surface area contributed by atoms with E-state index in [0.29, 0.717) is 0 Å². The molecule has 1 atom stereocenters. The van der Waals surface area contributed by atoms with Crippen molar-refractivity contribution >= 4 is 15.9 Å². The molecule has 0 heterocycles. The molecule has 14 heavy (non-hydrogen) atoms. The molecule has 1 aromatic rings. The normalized spacial score (nSPS) is 18.2. The van der Waals surface area contributed by atoms with Gasteiger partial charge in [0.15, 0.2) is 0 Å². The first-order chi connectivity index (χ1) is 6.66. The lowest BCUT2D eigenvalue weighted by Gasteiger charge is -2.12. The van der Waals surface area contributed by atoms with Gasteiger partial charge in [0.05, 0.1) is 0 Å². The van der Waals surface area contributed by atoms with Gasteiger partial charge in [0.1, 0.15) is 0 Å². The summed E-state index contributed by atoms with van der Waals surface area (Å²) in [5, 5.41) is 0. The zero-order valence-electron chi connectivity index (χ0n) is 8.46. The molecule has 0 saturated heterocycles. The summed E-state index contributed by atoms with van der Waals surface area (Å²) in [6.07, 6.45) is 3.90. The Bertz CT molecular complexity index is 331. The molecule has 0 bridgehead atoms. The average molecular weight is 254 g/mol. The molecule has 0 radical (unpaired) electrons. The summed E-state index contributed by atoms with van der Waals surface area (Å²) >= 11 is 3.54. The van der Waals surface area contributed by atoms with Gasteiger partial charge in [-0.3, -0.25) is 0 Å². The standard InChI is InChI=1S/C12H16BrN/c1-8-2-5-10(7-11(8)13)12(14)6-9-3-4-9/h2,5,7,9,12H,3-4,6,14H2,1H3. The molecular formula is C12H16BrN. The van der Waals surface area contributed by atoms with Gasteiger partial charge in [-0.1, -0.05) is 40.9 Å². The largest absolute Gasteiger partial charge is 0.324 e. The number of aryl methyl sites for hydroxylation is 1. The van der Waals surface area contributed by atoms with E-state index < -0.39 is 0 Å². The van der Waals surface area contributed by atoms with Crippen LogP contribution in [0.15, 0.2) is 22.7 Å². The molecule has 0 spiro atoms. The maximum absolute atomic E-state index is 6.13. The first-order valence-electron chi connectivity index (χ1n) is 5.18. The zero-order valence-corrected chi connectivity index (χ0v) is 10.0.